The quantitative estimate of drug-likeness (QED) is 0.724. The molecule has 2 aromatic heterocycles. The number of nitrogens with one attached hydrogen (secondary N) is 1. The van der Waals surface area contributed by atoms with E-state index in [1.807, 2.05) is 6.92 Å². The lowest BCUT2D eigenvalue weighted by Crippen LogP contribution is -2.44. The molecule has 0 radical (unpaired) electrons. The number of likely N-dealkylation sites (tertiary alicyclic amines) is 1. The van der Waals surface area contributed by atoms with Gasteiger partial charge in [0.25, 0.3) is 5.91 Å². The normalized spacial score (nSPS) is 23.1. The summed E-state index contributed by atoms with van der Waals surface area (Å²) in [4.78, 5) is 26.8. The maximum atomic E-state index is 13.1. The zero-order valence-corrected chi connectivity index (χ0v) is 18.6. The number of rotatable bonds is 6. The fourth-order valence-electron chi connectivity index (χ4n) is 5.12. The number of aromatic nitrogens is 2. The first-order chi connectivity index (χ1) is 14.6. The summed E-state index contributed by atoms with van der Waals surface area (Å²) < 4.78 is 5.83. The molecule has 1 N–H and O–H groups in total. The van der Waals surface area contributed by atoms with Gasteiger partial charge in [0, 0.05) is 38.3 Å². The second kappa shape index (κ2) is 9.33. The first-order valence-corrected chi connectivity index (χ1v) is 11.6. The van der Waals surface area contributed by atoms with Gasteiger partial charge in [-0.3, -0.25) is 9.69 Å². The van der Waals surface area contributed by atoms with Crippen molar-refractivity contribution in [1.29, 1.82) is 0 Å². The van der Waals surface area contributed by atoms with Crippen molar-refractivity contribution in [3.8, 4) is 0 Å². The molecule has 7 nitrogen and oxygen atoms in total. The highest BCUT2D eigenvalue weighted by Gasteiger charge is 2.26. The van der Waals surface area contributed by atoms with E-state index in [4.69, 9.17) is 4.42 Å². The lowest BCUT2D eigenvalue weighted by Gasteiger charge is -2.39. The van der Waals surface area contributed by atoms with Gasteiger partial charge in [0.05, 0.1) is 10.9 Å². The van der Waals surface area contributed by atoms with Crippen LogP contribution < -0.4 is 10.2 Å². The molecule has 2 aliphatic rings. The highest BCUT2D eigenvalue weighted by Crippen LogP contribution is 2.32. The Balaban J connectivity index is 1.44. The smallest absolute Gasteiger partial charge is 0.255 e. The molecule has 2 unspecified atom stereocenters. The standard InChI is InChI=1S/C23H35N5O2/c1-16-9-7-10-17(2)28(16)14-8-11-24-22(29)19-18(3)30-23-20(19)21(25-15-26-23)27-12-5-4-6-13-27/h15-17H,4-14H2,1-3H3,(H,24,29). The van der Waals surface area contributed by atoms with Crippen molar-refractivity contribution in [3.63, 3.8) is 0 Å². The van der Waals surface area contributed by atoms with E-state index in [0.29, 0.717) is 35.7 Å². The number of piperidine rings is 2. The molecule has 2 aromatic rings. The van der Waals surface area contributed by atoms with Crippen molar-refractivity contribution in [2.45, 2.75) is 77.8 Å². The zero-order valence-electron chi connectivity index (χ0n) is 18.6. The summed E-state index contributed by atoms with van der Waals surface area (Å²) in [6.07, 6.45) is 9.91. The molecule has 0 aromatic carbocycles. The molecule has 4 heterocycles. The number of hydrogen-bond acceptors (Lipinski definition) is 6. The maximum absolute atomic E-state index is 13.1. The van der Waals surface area contributed by atoms with Gasteiger partial charge in [0.2, 0.25) is 5.71 Å². The topological polar surface area (TPSA) is 74.5 Å². The number of amides is 1. The van der Waals surface area contributed by atoms with E-state index in [-0.39, 0.29) is 5.91 Å². The number of fused-ring (bicyclic) bond motifs is 1. The minimum Gasteiger partial charge on any atom is -0.442 e. The van der Waals surface area contributed by atoms with E-state index in [2.05, 4.69) is 38.9 Å². The van der Waals surface area contributed by atoms with Crippen molar-refractivity contribution in [2.24, 2.45) is 0 Å². The Labute approximate surface area is 179 Å². The lowest BCUT2D eigenvalue weighted by atomic mass is 9.97. The van der Waals surface area contributed by atoms with Crippen LogP contribution in [0.5, 0.6) is 0 Å². The molecule has 30 heavy (non-hydrogen) atoms. The third-order valence-electron chi connectivity index (χ3n) is 6.78. The van der Waals surface area contributed by atoms with E-state index in [1.54, 1.807) is 0 Å². The second-order valence-corrected chi connectivity index (χ2v) is 8.93. The van der Waals surface area contributed by atoms with Crippen LogP contribution >= 0.6 is 0 Å². The average molecular weight is 414 g/mol. The van der Waals surface area contributed by atoms with Crippen molar-refractivity contribution in [3.05, 3.63) is 17.7 Å². The van der Waals surface area contributed by atoms with Crippen molar-refractivity contribution >= 4 is 22.8 Å². The van der Waals surface area contributed by atoms with Gasteiger partial charge in [-0.2, -0.15) is 0 Å². The Hall–Kier alpha value is -2.15. The van der Waals surface area contributed by atoms with Crippen LogP contribution in [0, 0.1) is 6.92 Å². The molecule has 2 saturated heterocycles. The number of nitrogens with zero attached hydrogens (tertiary/aromatic N) is 4. The van der Waals surface area contributed by atoms with E-state index in [0.717, 1.165) is 50.1 Å². The van der Waals surface area contributed by atoms with Crippen LogP contribution in [0.15, 0.2) is 10.7 Å². The number of furan rings is 1. The number of carbonyl (C=O) groups excluding carboxylic acids is 1. The Morgan fingerprint density at radius 1 is 1.13 bits per heavy atom. The molecule has 0 aliphatic carbocycles. The number of anilines is 1. The van der Waals surface area contributed by atoms with Crippen LogP contribution in [0.4, 0.5) is 5.82 Å². The summed E-state index contributed by atoms with van der Waals surface area (Å²) in [5.41, 5.74) is 1.09. The van der Waals surface area contributed by atoms with E-state index in [9.17, 15) is 4.79 Å². The first-order valence-electron chi connectivity index (χ1n) is 11.6. The monoisotopic (exact) mass is 413 g/mol. The Morgan fingerprint density at radius 3 is 2.60 bits per heavy atom. The highest BCUT2D eigenvalue weighted by atomic mass is 16.3. The lowest BCUT2D eigenvalue weighted by molar-refractivity contribution is 0.0925. The molecule has 2 atom stereocenters. The number of aryl methyl sites for hydroxylation is 1. The average Bonchev–Trinajstić information content (AvgIpc) is 3.09. The molecule has 0 spiro atoms. The predicted molar refractivity (Wildman–Crippen MR) is 119 cm³/mol. The van der Waals surface area contributed by atoms with Crippen LogP contribution in [-0.2, 0) is 0 Å². The third-order valence-corrected chi connectivity index (χ3v) is 6.78. The molecule has 4 rings (SSSR count). The molecule has 2 fully saturated rings. The van der Waals surface area contributed by atoms with Crippen molar-refractivity contribution < 1.29 is 9.21 Å². The Bertz CT molecular complexity index is 864. The van der Waals surface area contributed by atoms with E-state index < -0.39 is 0 Å². The summed E-state index contributed by atoms with van der Waals surface area (Å²) in [6, 6.07) is 1.27. The fraction of sp³-hybridized carbons (Fsp3) is 0.696. The summed E-state index contributed by atoms with van der Waals surface area (Å²) in [5.74, 6) is 1.36. The first kappa shape index (κ1) is 21.1. The van der Waals surface area contributed by atoms with Gasteiger partial charge in [-0.25, -0.2) is 9.97 Å². The van der Waals surface area contributed by atoms with Crippen LogP contribution in [0.3, 0.4) is 0 Å². The maximum Gasteiger partial charge on any atom is 0.255 e. The second-order valence-electron chi connectivity index (χ2n) is 8.93. The molecule has 1 amide bonds. The van der Waals surface area contributed by atoms with Gasteiger partial charge in [-0.05, 0) is 59.3 Å². The Kier molecular flexibility index (Phi) is 6.56. The van der Waals surface area contributed by atoms with Crippen LogP contribution in [0.1, 0.15) is 74.9 Å². The fourth-order valence-corrected chi connectivity index (χ4v) is 5.12. The number of hydrogen-bond donors (Lipinski definition) is 1. The summed E-state index contributed by atoms with van der Waals surface area (Å²) in [7, 11) is 0. The summed E-state index contributed by atoms with van der Waals surface area (Å²) in [6.45, 7) is 10.1. The Morgan fingerprint density at radius 2 is 1.87 bits per heavy atom. The molecule has 0 saturated carbocycles. The molecule has 0 bridgehead atoms. The molecular formula is C23H35N5O2. The van der Waals surface area contributed by atoms with Gasteiger partial charge in [-0.1, -0.05) is 6.42 Å². The van der Waals surface area contributed by atoms with Gasteiger partial charge in [0.15, 0.2) is 0 Å². The third kappa shape index (κ3) is 4.31. The van der Waals surface area contributed by atoms with Gasteiger partial charge >= 0.3 is 0 Å². The molecule has 2 aliphatic heterocycles. The summed E-state index contributed by atoms with van der Waals surface area (Å²) in [5, 5.41) is 3.87. The van der Waals surface area contributed by atoms with Gasteiger partial charge < -0.3 is 14.6 Å². The minimum absolute atomic E-state index is 0.0842. The van der Waals surface area contributed by atoms with Gasteiger partial charge in [-0.15, -0.1) is 0 Å². The SMILES string of the molecule is Cc1oc2ncnc(N3CCCCC3)c2c1C(=O)NCCCN1C(C)CCCC1C. The van der Waals surface area contributed by atoms with Crippen LogP contribution in [0.2, 0.25) is 0 Å². The predicted octanol–water partition coefficient (Wildman–Crippen LogP) is 3.90. The minimum atomic E-state index is -0.0842. The highest BCUT2D eigenvalue weighted by molar-refractivity contribution is 6.10. The summed E-state index contributed by atoms with van der Waals surface area (Å²) >= 11 is 0. The van der Waals surface area contributed by atoms with Crippen molar-refractivity contribution in [2.75, 3.05) is 31.1 Å². The van der Waals surface area contributed by atoms with E-state index in [1.165, 1.54) is 32.0 Å². The van der Waals surface area contributed by atoms with E-state index >= 15 is 0 Å². The molecular weight excluding hydrogens is 378 g/mol. The largest absolute Gasteiger partial charge is 0.442 e. The van der Waals surface area contributed by atoms with Crippen LogP contribution in [-0.4, -0.2) is 59.0 Å². The van der Waals surface area contributed by atoms with Crippen molar-refractivity contribution in [1.82, 2.24) is 20.2 Å². The zero-order chi connectivity index (χ0) is 21.1. The van der Waals surface area contributed by atoms with Crippen LogP contribution in [0.25, 0.3) is 11.1 Å². The molecule has 164 valence electrons. The number of carbonyl (C=O) groups is 1. The van der Waals surface area contributed by atoms with Gasteiger partial charge in [0.1, 0.15) is 17.9 Å². The molecule has 7 heteroatoms.